The molecular weight excluding hydrogens is 392 g/mol. The second-order valence-electron chi connectivity index (χ2n) is 7.19. The van der Waals surface area contributed by atoms with Gasteiger partial charge < -0.3 is 20.1 Å². The molecule has 1 aliphatic rings. The molecule has 3 aromatic carbocycles. The number of carbonyl (C=O) groups is 2. The van der Waals surface area contributed by atoms with E-state index in [-0.39, 0.29) is 11.7 Å². The summed E-state index contributed by atoms with van der Waals surface area (Å²) in [6, 6.07) is 20.3. The van der Waals surface area contributed by atoms with E-state index < -0.39 is 5.91 Å². The fourth-order valence-electron chi connectivity index (χ4n) is 3.22. The van der Waals surface area contributed by atoms with Gasteiger partial charge >= 0.3 is 0 Å². The van der Waals surface area contributed by atoms with Crippen molar-refractivity contribution < 1.29 is 19.1 Å². The maximum atomic E-state index is 12.5. The van der Waals surface area contributed by atoms with Gasteiger partial charge in [0.05, 0.1) is 12.8 Å². The first kappa shape index (κ1) is 20.2. The van der Waals surface area contributed by atoms with Crippen LogP contribution in [0.5, 0.6) is 11.5 Å². The van der Waals surface area contributed by atoms with Crippen molar-refractivity contribution in [2.24, 2.45) is 0 Å². The molecule has 0 atom stereocenters. The summed E-state index contributed by atoms with van der Waals surface area (Å²) >= 11 is 0. The fourth-order valence-corrected chi connectivity index (χ4v) is 3.22. The van der Waals surface area contributed by atoms with E-state index in [4.69, 9.17) is 9.47 Å². The number of benzene rings is 3. The number of anilines is 1. The van der Waals surface area contributed by atoms with Crippen LogP contribution >= 0.6 is 0 Å². The van der Waals surface area contributed by atoms with Gasteiger partial charge in [0.15, 0.2) is 11.5 Å². The van der Waals surface area contributed by atoms with Crippen molar-refractivity contribution in [3.63, 3.8) is 0 Å². The minimum atomic E-state index is -0.393. The predicted octanol–water partition coefficient (Wildman–Crippen LogP) is 4.31. The largest absolute Gasteiger partial charge is 0.496 e. The third kappa shape index (κ3) is 4.59. The Morgan fingerprint density at radius 2 is 1.87 bits per heavy atom. The van der Waals surface area contributed by atoms with Gasteiger partial charge in [0, 0.05) is 17.7 Å². The van der Waals surface area contributed by atoms with Gasteiger partial charge in [-0.05, 0) is 42.8 Å². The van der Waals surface area contributed by atoms with Crippen LogP contribution in [0.2, 0.25) is 0 Å². The molecule has 0 aromatic heterocycles. The van der Waals surface area contributed by atoms with Gasteiger partial charge in [-0.1, -0.05) is 48.0 Å². The Balaban J connectivity index is 1.49. The van der Waals surface area contributed by atoms with Crippen LogP contribution in [0.15, 0.2) is 72.5 Å². The molecule has 0 saturated heterocycles. The molecule has 156 valence electrons. The summed E-state index contributed by atoms with van der Waals surface area (Å²) in [7, 11) is 1.57. The summed E-state index contributed by atoms with van der Waals surface area (Å²) in [5.74, 6) is 0.630. The first-order chi connectivity index (χ1) is 15.0. The number of methoxy groups -OCH3 is 1. The lowest BCUT2D eigenvalue weighted by atomic mass is 10.1. The van der Waals surface area contributed by atoms with Crippen LogP contribution in [0.1, 0.15) is 27.0 Å². The molecule has 0 aliphatic carbocycles. The van der Waals surface area contributed by atoms with Gasteiger partial charge in [-0.3, -0.25) is 9.59 Å². The normalized spacial score (nSPS) is 13.7. The maximum absolute atomic E-state index is 12.5. The Morgan fingerprint density at radius 1 is 1.10 bits per heavy atom. The lowest BCUT2D eigenvalue weighted by Gasteiger charge is -2.21. The van der Waals surface area contributed by atoms with Crippen molar-refractivity contribution in [2.45, 2.75) is 13.5 Å². The zero-order valence-corrected chi connectivity index (χ0v) is 17.3. The lowest BCUT2D eigenvalue weighted by molar-refractivity contribution is -0.115. The number of para-hydroxylation sites is 1. The van der Waals surface area contributed by atoms with Crippen molar-refractivity contribution >= 4 is 23.6 Å². The molecule has 6 nitrogen and oxygen atoms in total. The minimum Gasteiger partial charge on any atom is -0.496 e. The number of ether oxygens (including phenoxy) is 2. The lowest BCUT2D eigenvalue weighted by Crippen LogP contribution is -2.25. The van der Waals surface area contributed by atoms with Gasteiger partial charge in [-0.2, -0.15) is 0 Å². The molecule has 1 heterocycles. The number of hydrogen-bond donors (Lipinski definition) is 2. The van der Waals surface area contributed by atoms with Crippen LogP contribution in [-0.4, -0.2) is 18.9 Å². The number of nitrogens with one attached hydrogen (secondary N) is 2. The van der Waals surface area contributed by atoms with E-state index in [9.17, 15) is 9.59 Å². The highest BCUT2D eigenvalue weighted by molar-refractivity contribution is 6.09. The molecular formula is C25H22N2O4. The molecule has 0 spiro atoms. The Morgan fingerprint density at radius 3 is 2.65 bits per heavy atom. The van der Waals surface area contributed by atoms with Crippen LogP contribution in [0.25, 0.3) is 6.08 Å². The van der Waals surface area contributed by atoms with Crippen LogP contribution in [0.4, 0.5) is 5.69 Å². The molecule has 2 N–H and O–H groups in total. The van der Waals surface area contributed by atoms with Crippen molar-refractivity contribution in [3.05, 3.63) is 94.7 Å². The van der Waals surface area contributed by atoms with Gasteiger partial charge in [0.25, 0.3) is 11.8 Å². The molecule has 0 saturated carbocycles. The molecule has 0 radical (unpaired) electrons. The average molecular weight is 414 g/mol. The molecule has 1 aliphatic heterocycles. The number of hydrogen-bond acceptors (Lipinski definition) is 4. The summed E-state index contributed by atoms with van der Waals surface area (Å²) in [6.07, 6.45) is 1.62. The Labute approximate surface area is 180 Å². The summed E-state index contributed by atoms with van der Waals surface area (Å²) in [4.78, 5) is 25.1. The van der Waals surface area contributed by atoms with Crippen LogP contribution in [0.3, 0.4) is 0 Å². The highest BCUT2D eigenvalue weighted by Crippen LogP contribution is 2.33. The van der Waals surface area contributed by atoms with Crippen molar-refractivity contribution in [1.29, 1.82) is 0 Å². The number of aryl methyl sites for hydroxylation is 1. The van der Waals surface area contributed by atoms with Crippen LogP contribution in [-0.2, 0) is 11.3 Å². The van der Waals surface area contributed by atoms with E-state index in [1.807, 2.05) is 55.5 Å². The molecule has 2 amide bonds. The molecule has 3 aromatic rings. The first-order valence-electron chi connectivity index (χ1n) is 9.85. The van der Waals surface area contributed by atoms with Gasteiger partial charge in [-0.25, -0.2) is 0 Å². The van der Waals surface area contributed by atoms with E-state index in [2.05, 4.69) is 10.6 Å². The van der Waals surface area contributed by atoms with Crippen molar-refractivity contribution in [3.8, 4) is 11.5 Å². The van der Waals surface area contributed by atoms with E-state index in [1.165, 1.54) is 5.56 Å². The second kappa shape index (κ2) is 8.75. The number of amides is 2. The Bertz CT molecular complexity index is 1170. The second-order valence-corrected chi connectivity index (χ2v) is 7.19. The van der Waals surface area contributed by atoms with Gasteiger partial charge in [0.2, 0.25) is 0 Å². The number of carbonyl (C=O) groups excluding carboxylic acids is 2. The zero-order valence-electron chi connectivity index (χ0n) is 17.3. The van der Waals surface area contributed by atoms with Gasteiger partial charge in [0.1, 0.15) is 5.75 Å². The SMILES string of the molecule is COc1ccccc1/C=C1\Oc2ccc(C(=O)NCc3ccc(C)cc3)cc2NC1=O. The third-order valence-corrected chi connectivity index (χ3v) is 4.93. The van der Waals surface area contributed by atoms with Crippen LogP contribution in [0, 0.1) is 6.92 Å². The van der Waals surface area contributed by atoms with Crippen LogP contribution < -0.4 is 20.1 Å². The molecule has 6 heteroatoms. The molecule has 0 bridgehead atoms. The molecule has 31 heavy (non-hydrogen) atoms. The minimum absolute atomic E-state index is 0.147. The van der Waals surface area contributed by atoms with Crippen molar-refractivity contribution in [1.82, 2.24) is 5.32 Å². The summed E-state index contributed by atoms with van der Waals surface area (Å²) in [5.41, 5.74) is 3.79. The summed E-state index contributed by atoms with van der Waals surface area (Å²) in [6.45, 7) is 2.44. The highest BCUT2D eigenvalue weighted by Gasteiger charge is 2.23. The Kier molecular flexibility index (Phi) is 5.71. The first-order valence-corrected chi connectivity index (χ1v) is 9.85. The van der Waals surface area contributed by atoms with E-state index >= 15 is 0 Å². The predicted molar refractivity (Wildman–Crippen MR) is 119 cm³/mol. The average Bonchev–Trinajstić information content (AvgIpc) is 2.79. The maximum Gasteiger partial charge on any atom is 0.291 e. The monoisotopic (exact) mass is 414 g/mol. The topological polar surface area (TPSA) is 76.7 Å². The summed E-state index contributed by atoms with van der Waals surface area (Å²) in [5, 5.41) is 5.68. The standard InChI is InChI=1S/C25H22N2O4/c1-16-7-9-17(10-8-16)15-26-24(28)19-11-12-22-20(13-19)27-25(29)23(31-22)14-18-5-3-4-6-21(18)30-2/h3-14H,15H2,1-2H3,(H,26,28)(H,27,29)/b23-14-. The van der Waals surface area contributed by atoms with Crippen molar-refractivity contribution in [2.75, 3.05) is 12.4 Å². The van der Waals surface area contributed by atoms with Gasteiger partial charge in [-0.15, -0.1) is 0 Å². The quantitative estimate of drug-likeness (QED) is 0.610. The highest BCUT2D eigenvalue weighted by atomic mass is 16.5. The number of fused-ring (bicyclic) bond motifs is 1. The molecule has 0 fully saturated rings. The van der Waals surface area contributed by atoms with E-state index in [1.54, 1.807) is 31.4 Å². The smallest absolute Gasteiger partial charge is 0.291 e. The van der Waals surface area contributed by atoms with E-state index in [0.717, 1.165) is 11.1 Å². The van der Waals surface area contributed by atoms with E-state index in [0.29, 0.717) is 29.3 Å². The third-order valence-electron chi connectivity index (χ3n) is 4.93. The summed E-state index contributed by atoms with van der Waals surface area (Å²) < 4.78 is 11.1. The molecule has 4 rings (SSSR count). The number of rotatable bonds is 5. The zero-order chi connectivity index (χ0) is 21.8. The Hall–Kier alpha value is -4.06. The fraction of sp³-hybridized carbons (Fsp3) is 0.120. The molecule has 0 unspecified atom stereocenters.